The molecule has 2 aliphatic rings. The summed E-state index contributed by atoms with van der Waals surface area (Å²) >= 11 is 0. The summed E-state index contributed by atoms with van der Waals surface area (Å²) in [6.07, 6.45) is 5.30. The van der Waals surface area contributed by atoms with Crippen LogP contribution in [-0.4, -0.2) is 42.1 Å². The lowest BCUT2D eigenvalue weighted by Gasteiger charge is -2.50. The van der Waals surface area contributed by atoms with Gasteiger partial charge in [-0.25, -0.2) is 0 Å². The SMILES string of the molecule is CC(C)C1(N)CN(C(=O)CCC2CCCCO2)C1. The highest BCUT2D eigenvalue weighted by molar-refractivity contribution is 5.77. The van der Waals surface area contributed by atoms with Gasteiger partial charge in [-0.1, -0.05) is 13.8 Å². The lowest BCUT2D eigenvalue weighted by atomic mass is 9.80. The molecule has 1 amide bonds. The molecule has 1 atom stereocenters. The Balaban J connectivity index is 1.67. The molecule has 0 saturated carbocycles. The summed E-state index contributed by atoms with van der Waals surface area (Å²) in [5.41, 5.74) is 6.04. The van der Waals surface area contributed by atoms with Crippen molar-refractivity contribution in [3.05, 3.63) is 0 Å². The fourth-order valence-corrected chi connectivity index (χ4v) is 2.68. The zero-order valence-corrected chi connectivity index (χ0v) is 11.7. The molecule has 0 bridgehead atoms. The molecule has 18 heavy (non-hydrogen) atoms. The van der Waals surface area contributed by atoms with Crippen LogP contribution < -0.4 is 5.73 Å². The first kappa shape index (κ1) is 13.8. The minimum atomic E-state index is -0.156. The topological polar surface area (TPSA) is 55.6 Å². The molecular formula is C14H26N2O2. The van der Waals surface area contributed by atoms with Gasteiger partial charge in [0, 0.05) is 26.1 Å². The molecule has 0 aromatic carbocycles. The maximum Gasteiger partial charge on any atom is 0.222 e. The average Bonchev–Trinajstić information content (AvgIpc) is 2.33. The van der Waals surface area contributed by atoms with E-state index < -0.39 is 0 Å². The highest BCUT2D eigenvalue weighted by atomic mass is 16.5. The monoisotopic (exact) mass is 254 g/mol. The summed E-state index contributed by atoms with van der Waals surface area (Å²) in [6, 6.07) is 0. The van der Waals surface area contributed by atoms with Crippen LogP contribution in [0.4, 0.5) is 0 Å². The van der Waals surface area contributed by atoms with Crippen molar-refractivity contribution in [2.75, 3.05) is 19.7 Å². The van der Waals surface area contributed by atoms with Crippen LogP contribution in [0.15, 0.2) is 0 Å². The summed E-state index contributed by atoms with van der Waals surface area (Å²) < 4.78 is 5.64. The van der Waals surface area contributed by atoms with E-state index >= 15 is 0 Å². The van der Waals surface area contributed by atoms with Gasteiger partial charge < -0.3 is 15.4 Å². The Morgan fingerprint density at radius 3 is 2.72 bits per heavy atom. The third-order valence-corrected chi connectivity index (χ3v) is 4.43. The second-order valence-corrected chi connectivity index (χ2v) is 6.16. The number of carbonyl (C=O) groups excluding carboxylic acids is 1. The van der Waals surface area contributed by atoms with E-state index in [2.05, 4.69) is 13.8 Å². The van der Waals surface area contributed by atoms with Crippen molar-refractivity contribution >= 4 is 5.91 Å². The number of rotatable bonds is 4. The zero-order valence-electron chi connectivity index (χ0n) is 11.7. The maximum atomic E-state index is 12.0. The molecule has 0 radical (unpaired) electrons. The molecule has 104 valence electrons. The van der Waals surface area contributed by atoms with E-state index in [1.807, 2.05) is 4.90 Å². The molecule has 0 aromatic heterocycles. The summed E-state index contributed by atoms with van der Waals surface area (Å²) in [6.45, 7) is 6.54. The highest BCUT2D eigenvalue weighted by Gasteiger charge is 2.43. The number of ether oxygens (including phenoxy) is 1. The Kier molecular flexibility index (Phi) is 4.28. The highest BCUT2D eigenvalue weighted by Crippen LogP contribution is 2.27. The molecule has 0 aliphatic carbocycles. The average molecular weight is 254 g/mol. The Labute approximate surface area is 110 Å². The van der Waals surface area contributed by atoms with Gasteiger partial charge in [0.25, 0.3) is 0 Å². The minimum Gasteiger partial charge on any atom is -0.378 e. The van der Waals surface area contributed by atoms with Crippen LogP contribution in [0.1, 0.15) is 46.0 Å². The lowest BCUT2D eigenvalue weighted by molar-refractivity contribution is -0.141. The Bertz CT molecular complexity index is 292. The molecule has 2 rings (SSSR count). The van der Waals surface area contributed by atoms with Crippen LogP contribution in [0.2, 0.25) is 0 Å². The maximum absolute atomic E-state index is 12.0. The normalized spacial score (nSPS) is 27.1. The second-order valence-electron chi connectivity index (χ2n) is 6.16. The van der Waals surface area contributed by atoms with E-state index in [1.54, 1.807) is 0 Å². The van der Waals surface area contributed by atoms with Crippen molar-refractivity contribution in [2.24, 2.45) is 11.7 Å². The minimum absolute atomic E-state index is 0.156. The van der Waals surface area contributed by atoms with Crippen molar-refractivity contribution in [1.29, 1.82) is 0 Å². The predicted molar refractivity (Wildman–Crippen MR) is 71.2 cm³/mol. The number of nitrogens with two attached hydrogens (primary N) is 1. The van der Waals surface area contributed by atoms with Gasteiger partial charge in [-0.3, -0.25) is 4.79 Å². The van der Waals surface area contributed by atoms with Crippen LogP contribution in [0.5, 0.6) is 0 Å². The van der Waals surface area contributed by atoms with Gasteiger partial charge in [-0.05, 0) is 31.6 Å². The molecule has 1 unspecified atom stereocenters. The van der Waals surface area contributed by atoms with Crippen molar-refractivity contribution in [2.45, 2.75) is 57.6 Å². The van der Waals surface area contributed by atoms with Gasteiger partial charge in [0.2, 0.25) is 5.91 Å². The van der Waals surface area contributed by atoms with Gasteiger partial charge in [0.1, 0.15) is 0 Å². The van der Waals surface area contributed by atoms with Crippen LogP contribution in [0.3, 0.4) is 0 Å². The van der Waals surface area contributed by atoms with Crippen molar-refractivity contribution in [3.8, 4) is 0 Å². The standard InChI is InChI=1S/C14H26N2O2/c1-11(2)14(15)9-16(10-14)13(17)7-6-12-5-3-4-8-18-12/h11-12H,3-10,15H2,1-2H3. The summed E-state index contributed by atoms with van der Waals surface area (Å²) in [7, 11) is 0. The van der Waals surface area contributed by atoms with E-state index in [4.69, 9.17) is 10.5 Å². The molecule has 2 heterocycles. The van der Waals surface area contributed by atoms with Gasteiger partial charge in [0.15, 0.2) is 0 Å². The third kappa shape index (κ3) is 3.04. The largest absolute Gasteiger partial charge is 0.378 e. The molecule has 2 N–H and O–H groups in total. The third-order valence-electron chi connectivity index (χ3n) is 4.43. The van der Waals surface area contributed by atoms with Crippen LogP contribution in [-0.2, 0) is 9.53 Å². The van der Waals surface area contributed by atoms with Crippen molar-refractivity contribution in [1.82, 2.24) is 4.90 Å². The van der Waals surface area contributed by atoms with E-state index in [-0.39, 0.29) is 11.4 Å². The summed E-state index contributed by atoms with van der Waals surface area (Å²) in [5.74, 6) is 0.675. The first-order valence-corrected chi connectivity index (χ1v) is 7.19. The van der Waals surface area contributed by atoms with E-state index in [1.165, 1.54) is 12.8 Å². The molecule has 2 saturated heterocycles. The number of likely N-dealkylation sites (tertiary alicyclic amines) is 1. The zero-order chi connectivity index (χ0) is 13.2. The van der Waals surface area contributed by atoms with Gasteiger partial charge in [0.05, 0.1) is 11.6 Å². The summed E-state index contributed by atoms with van der Waals surface area (Å²) in [5, 5.41) is 0. The van der Waals surface area contributed by atoms with Crippen LogP contribution in [0, 0.1) is 5.92 Å². The van der Waals surface area contributed by atoms with Crippen LogP contribution >= 0.6 is 0 Å². The summed E-state index contributed by atoms with van der Waals surface area (Å²) in [4.78, 5) is 13.9. The van der Waals surface area contributed by atoms with Crippen molar-refractivity contribution in [3.63, 3.8) is 0 Å². The fraction of sp³-hybridized carbons (Fsp3) is 0.929. The number of hydrogen-bond donors (Lipinski definition) is 1. The molecule has 2 aliphatic heterocycles. The van der Waals surface area contributed by atoms with Gasteiger partial charge in [-0.2, -0.15) is 0 Å². The first-order valence-electron chi connectivity index (χ1n) is 7.19. The Hall–Kier alpha value is -0.610. The number of amides is 1. The van der Waals surface area contributed by atoms with E-state index in [0.29, 0.717) is 18.4 Å². The number of carbonyl (C=O) groups is 1. The molecule has 4 nitrogen and oxygen atoms in total. The van der Waals surface area contributed by atoms with Gasteiger partial charge in [-0.15, -0.1) is 0 Å². The molecule has 0 spiro atoms. The Morgan fingerprint density at radius 2 is 2.17 bits per heavy atom. The molecule has 4 heteroatoms. The number of nitrogens with zero attached hydrogens (tertiary/aromatic N) is 1. The fourth-order valence-electron chi connectivity index (χ4n) is 2.68. The quantitative estimate of drug-likeness (QED) is 0.828. The molecular weight excluding hydrogens is 228 g/mol. The van der Waals surface area contributed by atoms with E-state index in [9.17, 15) is 4.79 Å². The molecule has 0 aromatic rings. The number of hydrogen-bond acceptors (Lipinski definition) is 3. The Morgan fingerprint density at radius 1 is 1.44 bits per heavy atom. The lowest BCUT2D eigenvalue weighted by Crippen LogP contribution is -2.71. The van der Waals surface area contributed by atoms with Crippen molar-refractivity contribution < 1.29 is 9.53 Å². The first-order chi connectivity index (χ1) is 8.51. The smallest absolute Gasteiger partial charge is 0.222 e. The second kappa shape index (κ2) is 5.57. The van der Waals surface area contributed by atoms with Crippen LogP contribution in [0.25, 0.3) is 0 Å². The van der Waals surface area contributed by atoms with E-state index in [0.717, 1.165) is 32.5 Å². The molecule has 2 fully saturated rings. The van der Waals surface area contributed by atoms with Gasteiger partial charge >= 0.3 is 0 Å². The predicted octanol–water partition coefficient (Wildman–Crippen LogP) is 1.53.